The number of nitrogens with zero attached hydrogens (tertiary/aromatic N) is 1. The number of hydrogen-bond donors (Lipinski definition) is 1. The Morgan fingerprint density at radius 3 is 2.33 bits per heavy atom. The van der Waals surface area contributed by atoms with E-state index in [2.05, 4.69) is 31.0 Å². The molecule has 9 atom stereocenters. The molecule has 1 N–H and O–H groups in total. The van der Waals surface area contributed by atoms with Crippen LogP contribution in [0.15, 0.2) is 24.3 Å². The maximum atomic E-state index is 13.7. The second kappa shape index (κ2) is 13.3. The maximum absolute atomic E-state index is 13.7. The number of halogens is 2. The summed E-state index contributed by atoms with van der Waals surface area (Å²) in [4.78, 5) is 40.5. The van der Waals surface area contributed by atoms with Gasteiger partial charge in [0.2, 0.25) is 5.91 Å². The Morgan fingerprint density at radius 1 is 1.00 bits per heavy atom. The number of ether oxygens (including phenoxy) is 1. The van der Waals surface area contributed by atoms with Gasteiger partial charge in [0, 0.05) is 61.6 Å². The molecule has 0 spiro atoms. The molecule has 0 saturated heterocycles. The first-order chi connectivity index (χ1) is 20.5. The standard InChI is InChI=1S/C35H50Cl2N2O4/c1-22-21-35(4)25(20-31(22)41)7-10-27-28-11-12-32(34(28,3)14-13-29(27)35)43-33(42)30(38-23(2)40)19-24-5-8-26(9-6-24)39(17-15-36)18-16-37/h5-6,8-9,22,25,27-30,32H,7,10-21H2,1-4H3,(H,38,40)/t22-,25-,27+,28+,29+,30-,32+,34+,35+/m1/s1. The van der Waals surface area contributed by atoms with Crippen LogP contribution in [0.2, 0.25) is 0 Å². The van der Waals surface area contributed by atoms with Gasteiger partial charge in [-0.1, -0.05) is 32.9 Å². The van der Waals surface area contributed by atoms with Crippen LogP contribution in [-0.2, 0) is 25.5 Å². The van der Waals surface area contributed by atoms with Crippen molar-refractivity contribution in [3.63, 3.8) is 0 Å². The van der Waals surface area contributed by atoms with E-state index in [-0.39, 0.29) is 34.7 Å². The number of nitrogens with one attached hydrogen (secondary N) is 1. The highest BCUT2D eigenvalue weighted by molar-refractivity contribution is 6.18. The van der Waals surface area contributed by atoms with Crippen molar-refractivity contribution in [1.82, 2.24) is 5.32 Å². The Morgan fingerprint density at radius 2 is 1.67 bits per heavy atom. The molecular formula is C35H50Cl2N2O4. The Labute approximate surface area is 268 Å². The lowest BCUT2D eigenvalue weighted by molar-refractivity contribution is -0.168. The number of hydrogen-bond acceptors (Lipinski definition) is 5. The molecule has 4 aliphatic rings. The van der Waals surface area contributed by atoms with Crippen LogP contribution in [0, 0.1) is 40.4 Å². The molecule has 5 rings (SSSR count). The summed E-state index contributed by atoms with van der Waals surface area (Å²) in [5, 5.41) is 2.87. The maximum Gasteiger partial charge on any atom is 0.329 e. The minimum absolute atomic E-state index is 0.0488. The fourth-order valence-corrected chi connectivity index (χ4v) is 10.3. The predicted octanol–water partition coefficient (Wildman–Crippen LogP) is 6.79. The summed E-state index contributed by atoms with van der Waals surface area (Å²) in [6, 6.07) is 7.29. The van der Waals surface area contributed by atoms with Crippen molar-refractivity contribution in [2.75, 3.05) is 29.7 Å². The van der Waals surface area contributed by atoms with Crippen molar-refractivity contribution < 1.29 is 19.1 Å². The number of Topliss-reactive ketones (excluding diaryl/α,β-unsaturated/α-hetero) is 1. The second-order valence-electron chi connectivity index (χ2n) is 14.5. The van der Waals surface area contributed by atoms with Crippen LogP contribution >= 0.6 is 23.2 Å². The van der Waals surface area contributed by atoms with E-state index in [1.54, 1.807) is 0 Å². The molecule has 0 bridgehead atoms. The van der Waals surface area contributed by atoms with Gasteiger partial charge in [-0.2, -0.15) is 0 Å². The minimum Gasteiger partial charge on any atom is -0.460 e. The Hall–Kier alpha value is -1.79. The van der Waals surface area contributed by atoms with Crippen molar-refractivity contribution in [3.8, 4) is 0 Å². The number of benzene rings is 1. The highest BCUT2D eigenvalue weighted by Crippen LogP contribution is 2.66. The van der Waals surface area contributed by atoms with Crippen molar-refractivity contribution >= 4 is 46.5 Å². The summed E-state index contributed by atoms with van der Waals surface area (Å²) >= 11 is 12.0. The van der Waals surface area contributed by atoms with Crippen LogP contribution in [-0.4, -0.2) is 54.7 Å². The quantitative estimate of drug-likeness (QED) is 0.227. The van der Waals surface area contributed by atoms with Gasteiger partial charge in [0.05, 0.1) is 0 Å². The zero-order valence-electron chi connectivity index (χ0n) is 26.4. The van der Waals surface area contributed by atoms with E-state index < -0.39 is 6.04 Å². The van der Waals surface area contributed by atoms with Gasteiger partial charge in [0.25, 0.3) is 0 Å². The number of ketones is 1. The first kappa shape index (κ1) is 32.6. The van der Waals surface area contributed by atoms with E-state index in [4.69, 9.17) is 27.9 Å². The lowest BCUT2D eigenvalue weighted by Crippen LogP contribution is -2.55. The van der Waals surface area contributed by atoms with Crippen LogP contribution < -0.4 is 10.2 Å². The van der Waals surface area contributed by atoms with E-state index >= 15 is 0 Å². The average Bonchev–Trinajstić information content (AvgIpc) is 3.29. The molecule has 0 aromatic heterocycles. The molecule has 1 aromatic rings. The highest BCUT2D eigenvalue weighted by Gasteiger charge is 2.61. The number of alkyl halides is 2. The molecule has 43 heavy (non-hydrogen) atoms. The van der Waals surface area contributed by atoms with Crippen molar-refractivity contribution in [2.24, 2.45) is 40.4 Å². The average molecular weight is 634 g/mol. The van der Waals surface area contributed by atoms with Gasteiger partial charge < -0.3 is 15.0 Å². The van der Waals surface area contributed by atoms with Gasteiger partial charge >= 0.3 is 5.97 Å². The molecule has 0 heterocycles. The summed E-state index contributed by atoms with van der Waals surface area (Å²) < 4.78 is 6.35. The molecule has 0 unspecified atom stereocenters. The fraction of sp³-hybridized carbons (Fsp3) is 0.743. The fourth-order valence-electron chi connectivity index (χ4n) is 9.86. The number of esters is 1. The van der Waals surface area contributed by atoms with Crippen molar-refractivity contribution in [3.05, 3.63) is 29.8 Å². The molecule has 1 aromatic carbocycles. The molecule has 8 heteroatoms. The third kappa shape index (κ3) is 6.48. The Bertz CT molecular complexity index is 1170. The third-order valence-corrected chi connectivity index (χ3v) is 12.4. The molecule has 6 nitrogen and oxygen atoms in total. The number of carbonyl (C=O) groups is 3. The molecule has 4 fully saturated rings. The first-order valence-electron chi connectivity index (χ1n) is 16.5. The van der Waals surface area contributed by atoms with Crippen LogP contribution in [0.1, 0.15) is 84.6 Å². The van der Waals surface area contributed by atoms with E-state index in [0.717, 1.165) is 56.2 Å². The third-order valence-electron chi connectivity index (χ3n) is 12.1. The predicted molar refractivity (Wildman–Crippen MR) is 173 cm³/mol. The number of carbonyl (C=O) groups excluding carboxylic acids is 3. The topological polar surface area (TPSA) is 75.7 Å². The van der Waals surface area contributed by atoms with Gasteiger partial charge in [-0.05, 0) is 91.7 Å². The number of rotatable bonds is 10. The normalized spacial score (nSPS) is 35.7. The summed E-state index contributed by atoms with van der Waals surface area (Å²) in [6.07, 6.45) is 8.50. The molecule has 0 aliphatic heterocycles. The van der Waals surface area contributed by atoms with Crippen LogP contribution in [0.4, 0.5) is 5.69 Å². The van der Waals surface area contributed by atoms with Crippen molar-refractivity contribution in [2.45, 2.75) is 97.6 Å². The number of anilines is 1. The van der Waals surface area contributed by atoms with E-state index in [9.17, 15) is 14.4 Å². The molecule has 4 saturated carbocycles. The van der Waals surface area contributed by atoms with Crippen molar-refractivity contribution in [1.29, 1.82) is 0 Å². The molecule has 1 amide bonds. The molecule has 4 aliphatic carbocycles. The largest absolute Gasteiger partial charge is 0.460 e. The molecular weight excluding hydrogens is 583 g/mol. The summed E-state index contributed by atoms with van der Waals surface area (Å²) in [5.74, 6) is 3.40. The molecule has 238 valence electrons. The first-order valence-corrected chi connectivity index (χ1v) is 17.5. The van der Waals surface area contributed by atoms with Gasteiger partial charge in [-0.25, -0.2) is 4.79 Å². The Balaban J connectivity index is 1.26. The van der Waals surface area contributed by atoms with Gasteiger partial charge in [-0.15, -0.1) is 23.2 Å². The SMILES string of the molecule is CC(=O)N[C@H](Cc1ccc(N(CCCl)CCCl)cc1)C(=O)O[C@H]1CC[C@H]2[C@@H]3CC[C@@H]4CC(=O)[C@H](C)C[C@]4(C)[C@H]3CC[C@]12C. The van der Waals surface area contributed by atoms with Crippen LogP contribution in [0.25, 0.3) is 0 Å². The Kier molecular flexibility index (Phi) is 10.1. The van der Waals surface area contributed by atoms with E-state index in [0.29, 0.717) is 60.7 Å². The van der Waals surface area contributed by atoms with Gasteiger partial charge in [0.15, 0.2) is 0 Å². The lowest BCUT2D eigenvalue weighted by Gasteiger charge is -2.60. The zero-order valence-corrected chi connectivity index (χ0v) is 27.9. The lowest BCUT2D eigenvalue weighted by atomic mass is 9.44. The second-order valence-corrected chi connectivity index (χ2v) is 15.2. The summed E-state index contributed by atoms with van der Waals surface area (Å²) in [7, 11) is 0. The summed E-state index contributed by atoms with van der Waals surface area (Å²) in [6.45, 7) is 9.81. The van der Waals surface area contributed by atoms with E-state index in [1.807, 2.05) is 24.3 Å². The zero-order chi connectivity index (χ0) is 30.9. The van der Waals surface area contributed by atoms with Crippen LogP contribution in [0.3, 0.4) is 0 Å². The number of amides is 1. The van der Waals surface area contributed by atoms with Crippen LogP contribution in [0.5, 0.6) is 0 Å². The van der Waals surface area contributed by atoms with Gasteiger partial charge in [-0.3, -0.25) is 9.59 Å². The smallest absolute Gasteiger partial charge is 0.329 e. The number of fused-ring (bicyclic) bond motifs is 5. The highest BCUT2D eigenvalue weighted by atomic mass is 35.5. The van der Waals surface area contributed by atoms with Gasteiger partial charge in [0.1, 0.15) is 17.9 Å². The summed E-state index contributed by atoms with van der Waals surface area (Å²) in [5.41, 5.74) is 2.18. The minimum atomic E-state index is -0.736. The molecule has 0 radical (unpaired) electrons. The monoisotopic (exact) mass is 632 g/mol. The van der Waals surface area contributed by atoms with E-state index in [1.165, 1.54) is 13.3 Å².